The van der Waals surface area contributed by atoms with Gasteiger partial charge in [-0.1, -0.05) is 6.07 Å². The number of pyridine rings is 1. The second kappa shape index (κ2) is 6.39. The van der Waals surface area contributed by atoms with Crippen molar-refractivity contribution in [2.75, 3.05) is 14.2 Å². The van der Waals surface area contributed by atoms with Gasteiger partial charge in [0.2, 0.25) is 0 Å². The molecule has 6 heteroatoms. The van der Waals surface area contributed by atoms with Crippen LogP contribution >= 0.6 is 0 Å². The normalized spacial score (nSPS) is 10.5. The van der Waals surface area contributed by atoms with Gasteiger partial charge in [0.1, 0.15) is 0 Å². The average Bonchev–Trinajstić information content (AvgIpc) is 2.60. The van der Waals surface area contributed by atoms with E-state index in [1.807, 2.05) is 18.2 Å². The van der Waals surface area contributed by atoms with Crippen molar-refractivity contribution in [2.45, 2.75) is 6.42 Å². The molecule has 0 amide bonds. The maximum absolute atomic E-state index is 11.6. The van der Waals surface area contributed by atoms with E-state index < -0.39 is 5.97 Å². The highest BCUT2D eigenvalue weighted by molar-refractivity contribution is 5.89. The molecule has 0 radical (unpaired) electrons. The standard InChI is InChI=1S/C17H15N3O3/c1-22-16(21)14-7-12(8-18-9-14)5-11-3-4-15-13(6-11)10-19-17(20-15)23-2/h3-4,6-10H,5H2,1-2H3. The Balaban J connectivity index is 1.88. The van der Waals surface area contributed by atoms with Crippen molar-refractivity contribution in [1.82, 2.24) is 15.0 Å². The topological polar surface area (TPSA) is 74.2 Å². The Labute approximate surface area is 133 Å². The predicted octanol–water partition coefficient (Wildman–Crippen LogP) is 2.41. The van der Waals surface area contributed by atoms with Crippen LogP contribution in [0.5, 0.6) is 6.01 Å². The second-order valence-electron chi connectivity index (χ2n) is 5.00. The van der Waals surface area contributed by atoms with Crippen molar-refractivity contribution in [3.05, 3.63) is 59.5 Å². The molecule has 0 spiro atoms. The minimum Gasteiger partial charge on any atom is -0.467 e. The molecular formula is C17H15N3O3. The number of carbonyl (C=O) groups is 1. The van der Waals surface area contributed by atoms with Crippen LogP contribution < -0.4 is 4.74 Å². The molecule has 0 saturated carbocycles. The monoisotopic (exact) mass is 309 g/mol. The van der Waals surface area contributed by atoms with E-state index in [9.17, 15) is 4.79 Å². The molecule has 0 aliphatic heterocycles. The maximum atomic E-state index is 11.6. The van der Waals surface area contributed by atoms with Crippen molar-refractivity contribution in [1.29, 1.82) is 0 Å². The molecular weight excluding hydrogens is 294 g/mol. The van der Waals surface area contributed by atoms with Gasteiger partial charge in [-0.05, 0) is 35.7 Å². The first-order valence-electron chi connectivity index (χ1n) is 7.01. The van der Waals surface area contributed by atoms with E-state index in [0.717, 1.165) is 22.0 Å². The molecule has 0 saturated heterocycles. The minimum absolute atomic E-state index is 0.347. The number of ether oxygens (including phenoxy) is 2. The van der Waals surface area contributed by atoms with E-state index in [4.69, 9.17) is 9.47 Å². The molecule has 2 heterocycles. The van der Waals surface area contributed by atoms with E-state index in [1.54, 1.807) is 18.5 Å². The number of fused-ring (bicyclic) bond motifs is 1. The number of benzene rings is 1. The third kappa shape index (κ3) is 3.26. The van der Waals surface area contributed by atoms with E-state index in [2.05, 4.69) is 15.0 Å². The first-order chi connectivity index (χ1) is 11.2. The molecule has 0 fully saturated rings. The number of nitrogens with zero attached hydrogens (tertiary/aromatic N) is 3. The number of aromatic nitrogens is 3. The summed E-state index contributed by atoms with van der Waals surface area (Å²) in [6, 6.07) is 8.05. The first-order valence-corrected chi connectivity index (χ1v) is 7.01. The first kappa shape index (κ1) is 14.9. The van der Waals surface area contributed by atoms with Crippen LogP contribution in [0.15, 0.2) is 42.9 Å². The number of methoxy groups -OCH3 is 2. The summed E-state index contributed by atoms with van der Waals surface area (Å²) in [5, 5.41) is 0.931. The summed E-state index contributed by atoms with van der Waals surface area (Å²) in [7, 11) is 2.89. The van der Waals surface area contributed by atoms with E-state index in [-0.39, 0.29) is 0 Å². The van der Waals surface area contributed by atoms with Crippen molar-refractivity contribution in [3.8, 4) is 6.01 Å². The number of rotatable bonds is 4. The van der Waals surface area contributed by atoms with Crippen LogP contribution in [-0.4, -0.2) is 35.1 Å². The summed E-state index contributed by atoms with van der Waals surface area (Å²) in [5.41, 5.74) is 3.28. The molecule has 0 bridgehead atoms. The fourth-order valence-corrected chi connectivity index (χ4v) is 2.32. The number of hydrogen-bond acceptors (Lipinski definition) is 6. The molecule has 0 aliphatic rings. The van der Waals surface area contributed by atoms with Crippen LogP contribution in [0, 0.1) is 0 Å². The van der Waals surface area contributed by atoms with Crippen LogP contribution in [0.2, 0.25) is 0 Å². The van der Waals surface area contributed by atoms with E-state index in [1.165, 1.54) is 20.4 Å². The molecule has 0 aliphatic carbocycles. The van der Waals surface area contributed by atoms with Gasteiger partial charge >= 0.3 is 12.0 Å². The second-order valence-corrected chi connectivity index (χ2v) is 5.00. The average molecular weight is 309 g/mol. The molecule has 0 unspecified atom stereocenters. The SMILES string of the molecule is COC(=O)c1cncc(Cc2ccc3nc(OC)ncc3c2)c1. The Bertz CT molecular complexity index is 865. The number of carbonyl (C=O) groups excluding carboxylic acids is 1. The van der Waals surface area contributed by atoms with Gasteiger partial charge in [0.25, 0.3) is 0 Å². The lowest BCUT2D eigenvalue weighted by atomic mass is 10.0. The molecule has 0 N–H and O–H groups in total. The van der Waals surface area contributed by atoms with Crippen LogP contribution in [-0.2, 0) is 11.2 Å². The van der Waals surface area contributed by atoms with E-state index in [0.29, 0.717) is 18.0 Å². The summed E-state index contributed by atoms with van der Waals surface area (Å²) in [6.07, 6.45) is 5.62. The predicted molar refractivity (Wildman–Crippen MR) is 84.5 cm³/mol. The lowest BCUT2D eigenvalue weighted by Gasteiger charge is -2.06. The van der Waals surface area contributed by atoms with Crippen molar-refractivity contribution in [2.24, 2.45) is 0 Å². The highest BCUT2D eigenvalue weighted by atomic mass is 16.5. The number of esters is 1. The lowest BCUT2D eigenvalue weighted by molar-refractivity contribution is 0.0600. The third-order valence-corrected chi connectivity index (χ3v) is 3.43. The summed E-state index contributed by atoms with van der Waals surface area (Å²) in [4.78, 5) is 24.1. The van der Waals surface area contributed by atoms with Gasteiger partial charge in [0.05, 0.1) is 25.3 Å². The summed E-state index contributed by atoms with van der Waals surface area (Å²) in [5.74, 6) is -0.390. The van der Waals surface area contributed by atoms with Gasteiger partial charge in [-0.25, -0.2) is 9.78 Å². The summed E-state index contributed by atoms with van der Waals surface area (Å²) in [6.45, 7) is 0. The lowest BCUT2D eigenvalue weighted by Crippen LogP contribution is -2.03. The Morgan fingerprint density at radius 1 is 1.09 bits per heavy atom. The fourth-order valence-electron chi connectivity index (χ4n) is 2.32. The quantitative estimate of drug-likeness (QED) is 0.689. The molecule has 0 atom stereocenters. The van der Waals surface area contributed by atoms with Crippen molar-refractivity contribution >= 4 is 16.9 Å². The van der Waals surface area contributed by atoms with Crippen LogP contribution in [0.25, 0.3) is 10.9 Å². The number of hydrogen-bond donors (Lipinski definition) is 0. The smallest absolute Gasteiger partial charge is 0.339 e. The van der Waals surface area contributed by atoms with E-state index >= 15 is 0 Å². The zero-order chi connectivity index (χ0) is 16.2. The molecule has 23 heavy (non-hydrogen) atoms. The van der Waals surface area contributed by atoms with Crippen molar-refractivity contribution in [3.63, 3.8) is 0 Å². The Morgan fingerprint density at radius 3 is 2.74 bits per heavy atom. The van der Waals surface area contributed by atoms with Gasteiger partial charge in [-0.2, -0.15) is 4.98 Å². The summed E-state index contributed by atoms with van der Waals surface area (Å²) < 4.78 is 9.73. The molecule has 6 nitrogen and oxygen atoms in total. The van der Waals surface area contributed by atoms with Gasteiger partial charge in [0, 0.05) is 24.0 Å². The molecule has 116 valence electrons. The zero-order valence-corrected chi connectivity index (χ0v) is 12.8. The zero-order valence-electron chi connectivity index (χ0n) is 12.8. The van der Waals surface area contributed by atoms with Gasteiger partial charge in [-0.3, -0.25) is 4.98 Å². The largest absolute Gasteiger partial charge is 0.467 e. The molecule has 3 rings (SSSR count). The van der Waals surface area contributed by atoms with Crippen LogP contribution in [0.1, 0.15) is 21.5 Å². The Kier molecular flexibility index (Phi) is 4.14. The maximum Gasteiger partial charge on any atom is 0.339 e. The Hall–Kier alpha value is -3.02. The van der Waals surface area contributed by atoms with Gasteiger partial charge in [-0.15, -0.1) is 0 Å². The third-order valence-electron chi connectivity index (χ3n) is 3.43. The molecule has 1 aromatic carbocycles. The van der Waals surface area contributed by atoms with Crippen LogP contribution in [0.4, 0.5) is 0 Å². The highest BCUT2D eigenvalue weighted by Gasteiger charge is 2.08. The van der Waals surface area contributed by atoms with Gasteiger partial charge < -0.3 is 9.47 Å². The fraction of sp³-hybridized carbons (Fsp3) is 0.176. The summed E-state index contributed by atoms with van der Waals surface area (Å²) >= 11 is 0. The minimum atomic E-state index is -0.390. The highest BCUT2D eigenvalue weighted by Crippen LogP contribution is 2.18. The van der Waals surface area contributed by atoms with Gasteiger partial charge in [0.15, 0.2) is 0 Å². The molecule has 3 aromatic rings. The molecule has 2 aromatic heterocycles. The Morgan fingerprint density at radius 2 is 1.96 bits per heavy atom. The van der Waals surface area contributed by atoms with Crippen molar-refractivity contribution < 1.29 is 14.3 Å². The van der Waals surface area contributed by atoms with Crippen LogP contribution in [0.3, 0.4) is 0 Å².